The van der Waals surface area contributed by atoms with Crippen molar-refractivity contribution < 1.29 is 4.79 Å². The standard InChI is InChI=1S/C9H18N2O/c1-3-4-5-8-9(12)10-6-7-11(8)2/h8H,3-7H2,1-2H3,(H,10,12). The first-order chi connectivity index (χ1) is 5.75. The van der Waals surface area contributed by atoms with Crippen LogP contribution >= 0.6 is 0 Å². The Kier molecular flexibility index (Phi) is 3.53. The van der Waals surface area contributed by atoms with E-state index in [-0.39, 0.29) is 11.9 Å². The highest BCUT2D eigenvalue weighted by Crippen LogP contribution is 2.09. The predicted octanol–water partition coefficient (Wildman–Crippen LogP) is 0.607. The third-order valence-electron chi connectivity index (χ3n) is 2.43. The van der Waals surface area contributed by atoms with Crippen LogP contribution in [0.3, 0.4) is 0 Å². The van der Waals surface area contributed by atoms with Crippen molar-refractivity contribution in [3.63, 3.8) is 0 Å². The van der Waals surface area contributed by atoms with E-state index in [0.29, 0.717) is 0 Å². The molecule has 70 valence electrons. The van der Waals surface area contributed by atoms with Crippen LogP contribution in [0.2, 0.25) is 0 Å². The summed E-state index contributed by atoms with van der Waals surface area (Å²) in [6.45, 7) is 3.94. The number of hydrogen-bond donors (Lipinski definition) is 1. The lowest BCUT2D eigenvalue weighted by Crippen LogP contribution is -2.53. The van der Waals surface area contributed by atoms with Crippen molar-refractivity contribution >= 4 is 5.91 Å². The number of nitrogens with zero attached hydrogens (tertiary/aromatic N) is 1. The van der Waals surface area contributed by atoms with Gasteiger partial charge in [0, 0.05) is 13.1 Å². The monoisotopic (exact) mass is 170 g/mol. The minimum absolute atomic E-state index is 0.124. The highest BCUT2D eigenvalue weighted by atomic mass is 16.2. The smallest absolute Gasteiger partial charge is 0.237 e. The first-order valence-corrected chi connectivity index (χ1v) is 4.73. The molecule has 3 heteroatoms. The molecule has 1 aliphatic heterocycles. The normalized spacial score (nSPS) is 25.5. The lowest BCUT2D eigenvalue weighted by atomic mass is 10.1. The molecular weight excluding hydrogens is 152 g/mol. The summed E-state index contributed by atoms with van der Waals surface area (Å²) in [6, 6.07) is 0.124. The van der Waals surface area contributed by atoms with Crippen LogP contribution in [0.25, 0.3) is 0 Å². The Hall–Kier alpha value is -0.570. The summed E-state index contributed by atoms with van der Waals surface area (Å²) in [5.41, 5.74) is 0. The molecule has 0 aromatic heterocycles. The van der Waals surface area contributed by atoms with Gasteiger partial charge in [0.05, 0.1) is 6.04 Å². The fourth-order valence-electron chi connectivity index (χ4n) is 1.58. The highest BCUT2D eigenvalue weighted by molar-refractivity contribution is 5.82. The summed E-state index contributed by atoms with van der Waals surface area (Å²) in [5.74, 6) is 0.206. The van der Waals surface area contributed by atoms with Gasteiger partial charge in [0.2, 0.25) is 5.91 Å². The Labute approximate surface area is 74.1 Å². The second-order valence-corrected chi connectivity index (χ2v) is 3.43. The number of hydrogen-bond acceptors (Lipinski definition) is 2. The van der Waals surface area contributed by atoms with E-state index in [1.807, 2.05) is 7.05 Å². The zero-order chi connectivity index (χ0) is 8.97. The molecule has 1 atom stereocenters. The molecule has 0 spiro atoms. The first-order valence-electron chi connectivity index (χ1n) is 4.73. The van der Waals surface area contributed by atoms with Crippen LogP contribution in [0, 0.1) is 0 Å². The van der Waals surface area contributed by atoms with E-state index in [9.17, 15) is 4.79 Å². The van der Waals surface area contributed by atoms with Gasteiger partial charge in [-0.15, -0.1) is 0 Å². The van der Waals surface area contributed by atoms with Gasteiger partial charge in [-0.25, -0.2) is 0 Å². The SMILES string of the molecule is CCCCC1C(=O)NCCN1C. The summed E-state index contributed by atoms with van der Waals surface area (Å²) < 4.78 is 0. The summed E-state index contributed by atoms with van der Waals surface area (Å²) in [7, 11) is 2.03. The van der Waals surface area contributed by atoms with Crippen LogP contribution in [0.1, 0.15) is 26.2 Å². The van der Waals surface area contributed by atoms with Gasteiger partial charge in [0.15, 0.2) is 0 Å². The molecule has 0 aromatic carbocycles. The Morgan fingerprint density at radius 3 is 3.00 bits per heavy atom. The fourth-order valence-corrected chi connectivity index (χ4v) is 1.58. The maximum absolute atomic E-state index is 11.4. The van der Waals surface area contributed by atoms with E-state index in [1.54, 1.807) is 0 Å². The van der Waals surface area contributed by atoms with Crippen LogP contribution in [0.4, 0.5) is 0 Å². The van der Waals surface area contributed by atoms with E-state index in [4.69, 9.17) is 0 Å². The molecule has 1 heterocycles. The number of likely N-dealkylation sites (N-methyl/N-ethyl adjacent to an activating group) is 1. The Bertz CT molecular complexity index is 159. The molecule has 0 aliphatic carbocycles. The van der Waals surface area contributed by atoms with Crippen LogP contribution in [0.5, 0.6) is 0 Å². The van der Waals surface area contributed by atoms with Gasteiger partial charge >= 0.3 is 0 Å². The lowest BCUT2D eigenvalue weighted by Gasteiger charge is -2.31. The summed E-state index contributed by atoms with van der Waals surface area (Å²) in [4.78, 5) is 13.5. The molecule has 0 aromatic rings. The zero-order valence-corrected chi connectivity index (χ0v) is 7.97. The van der Waals surface area contributed by atoms with E-state index in [1.165, 1.54) is 0 Å². The van der Waals surface area contributed by atoms with Gasteiger partial charge in [-0.3, -0.25) is 9.69 Å². The third kappa shape index (κ3) is 2.21. The maximum atomic E-state index is 11.4. The molecule has 1 amide bonds. The largest absolute Gasteiger partial charge is 0.353 e. The van der Waals surface area contributed by atoms with Gasteiger partial charge in [0.25, 0.3) is 0 Å². The third-order valence-corrected chi connectivity index (χ3v) is 2.43. The molecule has 1 aliphatic rings. The number of nitrogens with one attached hydrogen (secondary N) is 1. The summed E-state index contributed by atoms with van der Waals surface area (Å²) >= 11 is 0. The van der Waals surface area contributed by atoms with Crippen molar-refractivity contribution in [1.82, 2.24) is 10.2 Å². The lowest BCUT2D eigenvalue weighted by molar-refractivity contribution is -0.128. The van der Waals surface area contributed by atoms with Crippen molar-refractivity contribution in [2.75, 3.05) is 20.1 Å². The Morgan fingerprint density at radius 2 is 2.42 bits per heavy atom. The molecular formula is C9H18N2O. The molecule has 0 radical (unpaired) electrons. The summed E-state index contributed by atoms with van der Waals surface area (Å²) in [6.07, 6.45) is 3.30. The van der Waals surface area contributed by atoms with Gasteiger partial charge in [-0.05, 0) is 13.5 Å². The molecule has 3 nitrogen and oxygen atoms in total. The molecule has 0 bridgehead atoms. The molecule has 1 N–H and O–H groups in total. The van der Waals surface area contributed by atoms with Gasteiger partial charge in [0.1, 0.15) is 0 Å². The van der Waals surface area contributed by atoms with Crippen LogP contribution in [-0.4, -0.2) is 37.0 Å². The van der Waals surface area contributed by atoms with Crippen LogP contribution < -0.4 is 5.32 Å². The van der Waals surface area contributed by atoms with Crippen molar-refractivity contribution in [3.8, 4) is 0 Å². The topological polar surface area (TPSA) is 32.3 Å². The predicted molar refractivity (Wildman–Crippen MR) is 49.0 cm³/mol. The van der Waals surface area contributed by atoms with Crippen molar-refractivity contribution in [1.29, 1.82) is 0 Å². The zero-order valence-electron chi connectivity index (χ0n) is 7.97. The van der Waals surface area contributed by atoms with Gasteiger partial charge in [-0.1, -0.05) is 19.8 Å². The highest BCUT2D eigenvalue weighted by Gasteiger charge is 2.25. The van der Waals surface area contributed by atoms with E-state index in [2.05, 4.69) is 17.1 Å². The average molecular weight is 170 g/mol. The number of unbranched alkanes of at least 4 members (excludes halogenated alkanes) is 1. The minimum atomic E-state index is 0.124. The van der Waals surface area contributed by atoms with Crippen molar-refractivity contribution in [2.45, 2.75) is 32.2 Å². The van der Waals surface area contributed by atoms with Crippen molar-refractivity contribution in [2.24, 2.45) is 0 Å². The second-order valence-electron chi connectivity index (χ2n) is 3.43. The van der Waals surface area contributed by atoms with Gasteiger partial charge in [-0.2, -0.15) is 0 Å². The maximum Gasteiger partial charge on any atom is 0.237 e. The van der Waals surface area contributed by atoms with Crippen LogP contribution in [-0.2, 0) is 4.79 Å². The molecule has 12 heavy (non-hydrogen) atoms. The molecule has 1 fully saturated rings. The fraction of sp³-hybridized carbons (Fsp3) is 0.889. The number of piperazine rings is 1. The number of carbonyl (C=O) groups is 1. The molecule has 1 rings (SSSR count). The van der Waals surface area contributed by atoms with Crippen molar-refractivity contribution in [3.05, 3.63) is 0 Å². The van der Waals surface area contributed by atoms with Gasteiger partial charge < -0.3 is 5.32 Å². The molecule has 1 saturated heterocycles. The summed E-state index contributed by atoms with van der Waals surface area (Å²) in [5, 5.41) is 2.89. The quantitative estimate of drug-likeness (QED) is 0.673. The Balaban J connectivity index is 2.40. The first kappa shape index (κ1) is 9.52. The Morgan fingerprint density at radius 1 is 1.67 bits per heavy atom. The molecule has 1 unspecified atom stereocenters. The number of amides is 1. The average Bonchev–Trinajstić information content (AvgIpc) is 2.04. The minimum Gasteiger partial charge on any atom is -0.353 e. The number of rotatable bonds is 3. The number of carbonyl (C=O) groups excluding carboxylic acids is 1. The van der Waals surface area contributed by atoms with E-state index < -0.39 is 0 Å². The van der Waals surface area contributed by atoms with E-state index >= 15 is 0 Å². The van der Waals surface area contributed by atoms with Crippen LogP contribution in [0.15, 0.2) is 0 Å². The van der Waals surface area contributed by atoms with E-state index in [0.717, 1.165) is 32.4 Å². The molecule has 0 saturated carbocycles. The second kappa shape index (κ2) is 4.45.